The third kappa shape index (κ3) is 1.99. The van der Waals surface area contributed by atoms with Gasteiger partial charge in [-0.15, -0.1) is 0 Å². The predicted octanol–water partition coefficient (Wildman–Crippen LogP) is 1.60. The van der Waals surface area contributed by atoms with Crippen molar-refractivity contribution in [1.82, 2.24) is 0 Å². The lowest BCUT2D eigenvalue weighted by Crippen LogP contribution is -2.21. The van der Waals surface area contributed by atoms with E-state index in [1.807, 2.05) is 24.3 Å². The molecule has 1 aromatic carbocycles. The monoisotopic (exact) mass is 315 g/mol. The molecule has 2 aliphatic rings. The van der Waals surface area contributed by atoms with Crippen LogP contribution in [0.1, 0.15) is 5.56 Å². The highest BCUT2D eigenvalue weighted by atomic mass is 79.9. The zero-order valence-corrected chi connectivity index (χ0v) is 11.2. The van der Waals surface area contributed by atoms with Crippen LogP contribution in [0.4, 0.5) is 0 Å². The molecule has 6 heteroatoms. The van der Waals surface area contributed by atoms with Crippen molar-refractivity contribution < 1.29 is 13.3 Å². The lowest BCUT2D eigenvalue weighted by Gasteiger charge is -2.07. The Balaban J connectivity index is 1.96. The maximum Gasteiger partial charge on any atom is 0.154 e. The largest absolute Gasteiger partial charge is 0.390 e. The summed E-state index contributed by atoms with van der Waals surface area (Å²) in [5.41, 5.74) is 1.67. The molecule has 0 radical (unpaired) electrons. The molecule has 17 heavy (non-hydrogen) atoms. The Labute approximate surface area is 108 Å². The van der Waals surface area contributed by atoms with E-state index >= 15 is 0 Å². The Bertz CT molecular complexity index is 596. The molecule has 4 nitrogen and oxygen atoms in total. The van der Waals surface area contributed by atoms with Crippen LogP contribution in [0, 0.1) is 5.92 Å². The smallest absolute Gasteiger partial charge is 0.154 e. The van der Waals surface area contributed by atoms with Crippen LogP contribution in [0.2, 0.25) is 0 Å². The Morgan fingerprint density at radius 1 is 1.35 bits per heavy atom. The summed E-state index contributed by atoms with van der Waals surface area (Å²) >= 11 is 3.39. The zero-order chi connectivity index (χ0) is 12.0. The van der Waals surface area contributed by atoms with Crippen LogP contribution < -0.4 is 0 Å². The van der Waals surface area contributed by atoms with Crippen molar-refractivity contribution in [3.8, 4) is 0 Å². The van der Waals surface area contributed by atoms with Crippen LogP contribution in [0.5, 0.6) is 0 Å². The zero-order valence-electron chi connectivity index (χ0n) is 8.84. The number of halogens is 1. The van der Waals surface area contributed by atoms with Crippen molar-refractivity contribution in [1.29, 1.82) is 0 Å². The summed E-state index contributed by atoms with van der Waals surface area (Å²) in [5, 5.41) is 4.03. The van der Waals surface area contributed by atoms with Crippen molar-refractivity contribution in [2.24, 2.45) is 11.1 Å². The fourth-order valence-corrected chi connectivity index (χ4v) is 4.53. The van der Waals surface area contributed by atoms with Crippen LogP contribution in [0.3, 0.4) is 0 Å². The van der Waals surface area contributed by atoms with Crippen molar-refractivity contribution >= 4 is 31.5 Å². The first-order valence-electron chi connectivity index (χ1n) is 5.25. The fourth-order valence-electron chi connectivity index (χ4n) is 2.28. The van der Waals surface area contributed by atoms with E-state index < -0.39 is 9.84 Å². The van der Waals surface area contributed by atoms with Gasteiger partial charge in [0, 0.05) is 10.0 Å². The lowest BCUT2D eigenvalue weighted by atomic mass is 9.95. The summed E-state index contributed by atoms with van der Waals surface area (Å²) < 4.78 is 24.0. The van der Waals surface area contributed by atoms with Gasteiger partial charge in [0.05, 0.1) is 23.1 Å². The molecule has 1 saturated heterocycles. The Morgan fingerprint density at radius 2 is 2.18 bits per heavy atom. The van der Waals surface area contributed by atoms with E-state index in [0.717, 1.165) is 15.7 Å². The number of rotatable bonds is 1. The molecule has 0 bridgehead atoms. The molecule has 3 rings (SSSR count). The highest BCUT2D eigenvalue weighted by Crippen LogP contribution is 2.31. The minimum absolute atomic E-state index is 0.0820. The van der Waals surface area contributed by atoms with Gasteiger partial charge in [-0.1, -0.05) is 33.2 Å². The topological polar surface area (TPSA) is 55.7 Å². The summed E-state index contributed by atoms with van der Waals surface area (Å²) in [6.07, 6.45) is -0.297. The second-order valence-corrected chi connectivity index (χ2v) is 7.38. The van der Waals surface area contributed by atoms with Crippen LogP contribution >= 0.6 is 15.9 Å². The summed E-state index contributed by atoms with van der Waals surface area (Å²) in [7, 11) is -2.97. The number of oxime groups is 1. The van der Waals surface area contributed by atoms with Gasteiger partial charge in [0.25, 0.3) is 0 Å². The third-order valence-corrected chi connectivity index (χ3v) is 5.26. The highest BCUT2D eigenvalue weighted by Gasteiger charge is 2.46. The first-order valence-corrected chi connectivity index (χ1v) is 7.87. The molecule has 2 unspecified atom stereocenters. The number of benzene rings is 1. The average Bonchev–Trinajstić information content (AvgIpc) is 2.72. The number of fused-ring (bicyclic) bond motifs is 1. The SMILES string of the molecule is O=S1(=O)CC2ON=C(c3cccc(Br)c3)C2C1. The van der Waals surface area contributed by atoms with Crippen LogP contribution in [0.15, 0.2) is 33.9 Å². The van der Waals surface area contributed by atoms with Gasteiger partial charge >= 0.3 is 0 Å². The molecular formula is C11H10BrNO3S. The van der Waals surface area contributed by atoms with Crippen molar-refractivity contribution in [2.75, 3.05) is 11.5 Å². The maximum atomic E-state index is 11.5. The minimum atomic E-state index is -2.97. The highest BCUT2D eigenvalue weighted by molar-refractivity contribution is 9.10. The normalized spacial score (nSPS) is 29.6. The Kier molecular flexibility index (Phi) is 2.52. The molecule has 2 heterocycles. The molecule has 90 valence electrons. The van der Waals surface area contributed by atoms with Crippen LogP contribution in [-0.4, -0.2) is 31.7 Å². The first kappa shape index (κ1) is 11.2. The number of sulfone groups is 1. The van der Waals surface area contributed by atoms with Gasteiger partial charge in [-0.05, 0) is 12.1 Å². The van der Waals surface area contributed by atoms with Crippen LogP contribution in [0.25, 0.3) is 0 Å². The van der Waals surface area contributed by atoms with Gasteiger partial charge in [-0.3, -0.25) is 0 Å². The summed E-state index contributed by atoms with van der Waals surface area (Å²) in [5.74, 6) is 0.108. The van der Waals surface area contributed by atoms with E-state index in [1.165, 1.54) is 0 Å². The van der Waals surface area contributed by atoms with Crippen molar-refractivity contribution in [2.45, 2.75) is 6.10 Å². The Hall–Kier alpha value is -0.880. The second kappa shape index (κ2) is 3.81. The van der Waals surface area contributed by atoms with Gasteiger partial charge in [-0.2, -0.15) is 0 Å². The van der Waals surface area contributed by atoms with E-state index in [9.17, 15) is 8.42 Å². The number of nitrogens with zero attached hydrogens (tertiary/aromatic N) is 1. The Morgan fingerprint density at radius 3 is 2.94 bits per heavy atom. The molecule has 1 aromatic rings. The maximum absolute atomic E-state index is 11.5. The van der Waals surface area contributed by atoms with E-state index in [0.29, 0.717) is 0 Å². The summed E-state index contributed by atoms with van der Waals surface area (Å²) in [4.78, 5) is 5.21. The van der Waals surface area contributed by atoms with Gasteiger partial charge in [0.2, 0.25) is 0 Å². The summed E-state index contributed by atoms with van der Waals surface area (Å²) in [6, 6.07) is 7.66. The molecular weight excluding hydrogens is 306 g/mol. The molecule has 0 amide bonds. The van der Waals surface area contributed by atoms with Crippen molar-refractivity contribution in [3.63, 3.8) is 0 Å². The minimum Gasteiger partial charge on any atom is -0.390 e. The van der Waals surface area contributed by atoms with E-state index in [1.54, 1.807) is 0 Å². The van der Waals surface area contributed by atoms with Gasteiger partial charge in [-0.25, -0.2) is 8.42 Å². The standard InChI is InChI=1S/C11H10BrNO3S/c12-8-3-1-2-7(4-8)11-9-5-17(14,15)6-10(9)16-13-11/h1-4,9-10H,5-6H2. The average molecular weight is 316 g/mol. The van der Waals surface area contributed by atoms with E-state index in [2.05, 4.69) is 21.1 Å². The lowest BCUT2D eigenvalue weighted by molar-refractivity contribution is 0.0882. The third-order valence-electron chi connectivity index (χ3n) is 3.06. The molecule has 0 aliphatic carbocycles. The molecule has 0 aromatic heterocycles. The quantitative estimate of drug-likeness (QED) is 0.791. The number of hydrogen-bond donors (Lipinski definition) is 0. The van der Waals surface area contributed by atoms with Crippen molar-refractivity contribution in [3.05, 3.63) is 34.3 Å². The van der Waals surface area contributed by atoms with Gasteiger partial charge in [0.1, 0.15) is 0 Å². The second-order valence-electron chi connectivity index (χ2n) is 4.31. The molecule has 2 aliphatic heterocycles. The number of hydrogen-bond acceptors (Lipinski definition) is 4. The van der Waals surface area contributed by atoms with Crippen LogP contribution in [-0.2, 0) is 14.7 Å². The van der Waals surface area contributed by atoms with E-state index in [4.69, 9.17) is 4.84 Å². The van der Waals surface area contributed by atoms with Gasteiger partial charge < -0.3 is 4.84 Å². The van der Waals surface area contributed by atoms with Gasteiger partial charge in [0.15, 0.2) is 15.9 Å². The summed E-state index contributed by atoms with van der Waals surface area (Å²) in [6.45, 7) is 0. The molecule has 0 saturated carbocycles. The molecule has 1 fully saturated rings. The fraction of sp³-hybridized carbons (Fsp3) is 0.364. The molecule has 0 N–H and O–H groups in total. The van der Waals surface area contributed by atoms with E-state index in [-0.39, 0.29) is 23.5 Å². The molecule has 2 atom stereocenters. The first-order chi connectivity index (χ1) is 8.05. The predicted molar refractivity (Wildman–Crippen MR) is 67.7 cm³/mol. The molecule has 0 spiro atoms.